The molecule has 0 unspecified atom stereocenters. The Balaban J connectivity index is 1.94. The van der Waals surface area contributed by atoms with Gasteiger partial charge in [-0.2, -0.15) is 0 Å². The highest BCUT2D eigenvalue weighted by molar-refractivity contribution is 5.15. The molecule has 0 atom stereocenters. The molecule has 78 valence electrons. The van der Waals surface area contributed by atoms with E-state index in [1.54, 1.807) is 0 Å². The van der Waals surface area contributed by atoms with Gasteiger partial charge in [0.2, 0.25) is 0 Å². The first kappa shape index (κ1) is 8.96. The summed E-state index contributed by atoms with van der Waals surface area (Å²) in [5.41, 5.74) is -0.428. The van der Waals surface area contributed by atoms with Crippen molar-refractivity contribution in [3.63, 3.8) is 0 Å². The average molecular weight is 192 g/mol. The lowest BCUT2D eigenvalue weighted by Gasteiger charge is -2.58. The van der Waals surface area contributed by atoms with Gasteiger partial charge in [0.1, 0.15) is 0 Å². The van der Waals surface area contributed by atoms with Gasteiger partial charge >= 0.3 is 0 Å². The number of hydrogen-bond acceptors (Lipinski definition) is 1. The Morgan fingerprint density at radius 3 is 1.93 bits per heavy atom. The van der Waals surface area contributed by atoms with Crippen LogP contribution in [-0.2, 0) is 0 Å². The molecule has 4 aliphatic rings. The van der Waals surface area contributed by atoms with Gasteiger partial charge in [0, 0.05) is 0 Å². The molecule has 0 aromatic carbocycles. The van der Waals surface area contributed by atoms with E-state index in [9.17, 15) is 5.11 Å². The van der Waals surface area contributed by atoms with Crippen LogP contribution in [0.25, 0.3) is 0 Å². The van der Waals surface area contributed by atoms with Crippen molar-refractivity contribution < 1.29 is 5.11 Å². The van der Waals surface area contributed by atoms with Gasteiger partial charge in [0.15, 0.2) is 0 Å². The predicted molar refractivity (Wildman–Crippen MR) is 56.8 cm³/mol. The fourth-order valence-corrected chi connectivity index (χ4v) is 4.48. The number of aliphatic hydroxyl groups is 1. The molecule has 14 heavy (non-hydrogen) atoms. The Morgan fingerprint density at radius 2 is 1.50 bits per heavy atom. The van der Waals surface area contributed by atoms with Crippen molar-refractivity contribution in [2.75, 3.05) is 0 Å². The maximum absolute atomic E-state index is 10.7. The summed E-state index contributed by atoms with van der Waals surface area (Å²) >= 11 is 0. The average Bonchev–Trinajstić information content (AvgIpc) is 2.14. The SMILES string of the molecule is CC=CC1(O)C2CC3CC(C2)CC1C3. The van der Waals surface area contributed by atoms with E-state index in [2.05, 4.69) is 6.08 Å². The van der Waals surface area contributed by atoms with Crippen LogP contribution in [0.2, 0.25) is 0 Å². The van der Waals surface area contributed by atoms with Gasteiger partial charge < -0.3 is 5.11 Å². The molecule has 4 bridgehead atoms. The molecule has 1 heteroatoms. The Morgan fingerprint density at radius 1 is 1.00 bits per heavy atom. The number of allylic oxidation sites excluding steroid dienone is 1. The van der Waals surface area contributed by atoms with Crippen LogP contribution in [0.3, 0.4) is 0 Å². The molecular formula is C13H20O. The van der Waals surface area contributed by atoms with E-state index in [0.717, 1.165) is 11.8 Å². The van der Waals surface area contributed by atoms with Crippen LogP contribution in [0.15, 0.2) is 12.2 Å². The molecule has 0 amide bonds. The van der Waals surface area contributed by atoms with Crippen molar-refractivity contribution >= 4 is 0 Å². The summed E-state index contributed by atoms with van der Waals surface area (Å²) in [5.74, 6) is 3.05. The quantitative estimate of drug-likeness (QED) is 0.633. The van der Waals surface area contributed by atoms with E-state index in [-0.39, 0.29) is 0 Å². The molecule has 0 radical (unpaired) electrons. The molecule has 1 N–H and O–H groups in total. The molecule has 0 aliphatic heterocycles. The number of rotatable bonds is 1. The van der Waals surface area contributed by atoms with E-state index in [0.29, 0.717) is 11.8 Å². The zero-order chi connectivity index (χ0) is 9.76. The van der Waals surface area contributed by atoms with Crippen LogP contribution >= 0.6 is 0 Å². The molecule has 4 fully saturated rings. The van der Waals surface area contributed by atoms with Gasteiger partial charge in [-0.1, -0.05) is 12.2 Å². The lowest BCUT2D eigenvalue weighted by molar-refractivity contribution is -0.142. The highest BCUT2D eigenvalue weighted by Crippen LogP contribution is 2.58. The molecular weight excluding hydrogens is 172 g/mol. The second kappa shape index (κ2) is 2.85. The fourth-order valence-electron chi connectivity index (χ4n) is 4.48. The van der Waals surface area contributed by atoms with Crippen LogP contribution in [0.5, 0.6) is 0 Å². The van der Waals surface area contributed by atoms with Gasteiger partial charge in [-0.3, -0.25) is 0 Å². The van der Waals surface area contributed by atoms with E-state index in [4.69, 9.17) is 0 Å². The predicted octanol–water partition coefficient (Wildman–Crippen LogP) is 2.75. The Kier molecular flexibility index (Phi) is 1.82. The first-order valence-corrected chi connectivity index (χ1v) is 6.08. The lowest BCUT2D eigenvalue weighted by atomic mass is 9.50. The molecule has 0 heterocycles. The fraction of sp³-hybridized carbons (Fsp3) is 0.846. The zero-order valence-corrected chi connectivity index (χ0v) is 8.95. The standard InChI is InChI=1S/C13H20O/c1-2-3-13(14)11-5-9-4-10(7-11)8-12(13)6-9/h2-3,9-12,14H,4-8H2,1H3. The van der Waals surface area contributed by atoms with Crippen molar-refractivity contribution in [1.29, 1.82) is 0 Å². The molecule has 0 spiro atoms. The maximum atomic E-state index is 10.7. The molecule has 1 nitrogen and oxygen atoms in total. The van der Waals surface area contributed by atoms with E-state index in [1.807, 2.05) is 13.0 Å². The highest BCUT2D eigenvalue weighted by Gasteiger charge is 2.55. The minimum absolute atomic E-state index is 0.428. The van der Waals surface area contributed by atoms with Crippen molar-refractivity contribution in [2.45, 2.75) is 44.6 Å². The summed E-state index contributed by atoms with van der Waals surface area (Å²) in [6, 6.07) is 0. The Labute approximate surface area is 86.2 Å². The first-order chi connectivity index (χ1) is 6.72. The summed E-state index contributed by atoms with van der Waals surface area (Å²) < 4.78 is 0. The van der Waals surface area contributed by atoms with Crippen LogP contribution in [0.4, 0.5) is 0 Å². The molecule has 0 aromatic rings. The van der Waals surface area contributed by atoms with Gasteiger partial charge in [0.05, 0.1) is 5.60 Å². The molecule has 4 saturated carbocycles. The molecule has 0 aromatic heterocycles. The van der Waals surface area contributed by atoms with Crippen LogP contribution in [-0.4, -0.2) is 10.7 Å². The second-order valence-corrected chi connectivity index (χ2v) is 5.69. The monoisotopic (exact) mass is 192 g/mol. The van der Waals surface area contributed by atoms with Gasteiger partial charge in [-0.25, -0.2) is 0 Å². The normalized spacial score (nSPS) is 55.9. The zero-order valence-electron chi connectivity index (χ0n) is 8.95. The summed E-state index contributed by atoms with van der Waals surface area (Å²) in [4.78, 5) is 0. The summed E-state index contributed by atoms with van der Waals surface area (Å²) in [5, 5.41) is 10.7. The van der Waals surface area contributed by atoms with Crippen molar-refractivity contribution in [3.8, 4) is 0 Å². The van der Waals surface area contributed by atoms with Crippen molar-refractivity contribution in [2.24, 2.45) is 23.7 Å². The Bertz CT molecular complexity index is 238. The van der Waals surface area contributed by atoms with Gasteiger partial charge in [0.25, 0.3) is 0 Å². The third kappa shape index (κ3) is 1.05. The third-order valence-electron chi connectivity index (χ3n) is 4.88. The second-order valence-electron chi connectivity index (χ2n) is 5.69. The van der Waals surface area contributed by atoms with Crippen molar-refractivity contribution in [1.82, 2.24) is 0 Å². The number of hydrogen-bond donors (Lipinski definition) is 1. The maximum Gasteiger partial charge on any atom is 0.0883 e. The summed E-state index contributed by atoms with van der Waals surface area (Å²) in [6.45, 7) is 2.03. The minimum atomic E-state index is -0.428. The molecule has 4 rings (SSSR count). The lowest BCUT2D eigenvalue weighted by Crippen LogP contribution is -2.56. The van der Waals surface area contributed by atoms with Crippen LogP contribution in [0, 0.1) is 23.7 Å². The third-order valence-corrected chi connectivity index (χ3v) is 4.88. The topological polar surface area (TPSA) is 20.2 Å². The Hall–Kier alpha value is -0.300. The molecule has 4 aliphatic carbocycles. The minimum Gasteiger partial charge on any atom is -0.385 e. The van der Waals surface area contributed by atoms with E-state index >= 15 is 0 Å². The van der Waals surface area contributed by atoms with Gasteiger partial charge in [-0.15, -0.1) is 0 Å². The first-order valence-electron chi connectivity index (χ1n) is 6.08. The van der Waals surface area contributed by atoms with Crippen LogP contribution in [0.1, 0.15) is 39.0 Å². The van der Waals surface area contributed by atoms with E-state index < -0.39 is 5.60 Å². The highest BCUT2D eigenvalue weighted by atomic mass is 16.3. The molecule has 0 saturated heterocycles. The summed E-state index contributed by atoms with van der Waals surface area (Å²) in [6.07, 6.45) is 10.7. The largest absolute Gasteiger partial charge is 0.385 e. The smallest absolute Gasteiger partial charge is 0.0883 e. The van der Waals surface area contributed by atoms with Crippen LogP contribution < -0.4 is 0 Å². The van der Waals surface area contributed by atoms with Gasteiger partial charge in [-0.05, 0) is 62.7 Å². The van der Waals surface area contributed by atoms with E-state index in [1.165, 1.54) is 32.1 Å². The van der Waals surface area contributed by atoms with Crippen molar-refractivity contribution in [3.05, 3.63) is 12.2 Å². The summed E-state index contributed by atoms with van der Waals surface area (Å²) in [7, 11) is 0.